The normalized spacial score (nSPS) is 22.1. The lowest BCUT2D eigenvalue weighted by Crippen LogP contribution is -2.25. The number of ether oxygens (including phenoxy) is 1. The van der Waals surface area contributed by atoms with Crippen LogP contribution in [-0.4, -0.2) is 17.8 Å². The fourth-order valence-corrected chi connectivity index (χ4v) is 5.59. The van der Waals surface area contributed by atoms with E-state index in [1.54, 1.807) is 42.5 Å². The van der Waals surface area contributed by atoms with Gasteiger partial charge in [0.05, 0.1) is 12.7 Å². The van der Waals surface area contributed by atoms with E-state index in [1.165, 1.54) is 18.2 Å². The quantitative estimate of drug-likeness (QED) is 0.182. The Morgan fingerprint density at radius 1 is 0.816 bits per heavy atom. The number of aliphatic hydroxyl groups is 1. The molecule has 1 aliphatic carbocycles. The van der Waals surface area contributed by atoms with E-state index in [0.717, 1.165) is 38.5 Å². The average Bonchev–Trinajstić information content (AvgIpc) is 3.77. The first-order valence-electron chi connectivity index (χ1n) is 13.4. The van der Waals surface area contributed by atoms with Crippen LogP contribution in [0.4, 0.5) is 17.6 Å². The van der Waals surface area contributed by atoms with E-state index in [4.69, 9.17) is 4.74 Å². The highest BCUT2D eigenvalue weighted by Gasteiger charge is 2.30. The van der Waals surface area contributed by atoms with E-state index in [9.17, 15) is 13.9 Å². The smallest absolute Gasteiger partial charge is 0.166 e. The highest BCUT2D eigenvalue weighted by molar-refractivity contribution is 5.73. The first-order valence-corrected chi connectivity index (χ1v) is 13.4. The van der Waals surface area contributed by atoms with Crippen LogP contribution in [-0.2, 0) is 4.74 Å². The lowest BCUT2D eigenvalue weighted by molar-refractivity contribution is 0.0727. The van der Waals surface area contributed by atoms with Crippen LogP contribution in [0.15, 0.2) is 48.5 Å². The first-order chi connectivity index (χ1) is 18.4. The number of halogens is 4. The van der Waals surface area contributed by atoms with E-state index < -0.39 is 23.3 Å². The molecule has 1 N–H and O–H groups in total. The molecular formula is C32H32F4O2. The summed E-state index contributed by atoms with van der Waals surface area (Å²) in [5.41, 5.74) is 2.17. The summed E-state index contributed by atoms with van der Waals surface area (Å²) in [5, 5.41) is 10.3. The highest BCUT2D eigenvalue weighted by atomic mass is 19.2. The van der Waals surface area contributed by atoms with Crippen molar-refractivity contribution in [3.8, 4) is 11.1 Å². The van der Waals surface area contributed by atoms with Gasteiger partial charge in [0.1, 0.15) is 6.10 Å². The number of hydrogen-bond acceptors (Lipinski definition) is 2. The van der Waals surface area contributed by atoms with E-state index in [0.29, 0.717) is 23.3 Å². The zero-order valence-corrected chi connectivity index (χ0v) is 21.4. The van der Waals surface area contributed by atoms with Gasteiger partial charge in [-0.2, -0.15) is 0 Å². The Morgan fingerprint density at radius 2 is 1.47 bits per heavy atom. The number of hydrogen-bond donors (Lipinski definition) is 1. The van der Waals surface area contributed by atoms with Crippen LogP contribution < -0.4 is 0 Å². The van der Waals surface area contributed by atoms with Gasteiger partial charge in [-0.25, -0.2) is 17.6 Å². The van der Waals surface area contributed by atoms with Crippen molar-refractivity contribution in [2.45, 2.75) is 63.6 Å². The van der Waals surface area contributed by atoms with Gasteiger partial charge in [0.25, 0.3) is 0 Å². The predicted molar refractivity (Wildman–Crippen MR) is 141 cm³/mol. The summed E-state index contributed by atoms with van der Waals surface area (Å²) in [5.74, 6) is -3.30. The minimum absolute atomic E-state index is 0.0489. The number of epoxide rings is 1. The number of rotatable bonds is 8. The van der Waals surface area contributed by atoms with Crippen molar-refractivity contribution in [1.29, 1.82) is 0 Å². The van der Waals surface area contributed by atoms with E-state index in [1.807, 2.05) is 6.92 Å². The second-order valence-electron chi connectivity index (χ2n) is 10.4. The molecule has 3 aromatic rings. The summed E-state index contributed by atoms with van der Waals surface area (Å²) in [6, 6.07) is 13.2. The van der Waals surface area contributed by atoms with Crippen molar-refractivity contribution >= 4 is 12.2 Å². The van der Waals surface area contributed by atoms with Crippen LogP contribution in [0, 0.1) is 29.2 Å². The Labute approximate surface area is 221 Å². The molecule has 3 aromatic carbocycles. The summed E-state index contributed by atoms with van der Waals surface area (Å²) in [6.07, 6.45) is 7.27. The second-order valence-corrected chi connectivity index (χ2v) is 10.4. The Morgan fingerprint density at radius 3 is 2.13 bits per heavy atom. The van der Waals surface area contributed by atoms with Crippen LogP contribution in [0.1, 0.15) is 79.7 Å². The third kappa shape index (κ3) is 5.57. The molecule has 0 radical (unpaired) electrons. The standard InChI is InChI=1S/C32H32F4O2/c1-2-3-27(37)22-12-10-21(11-13-22)25-17-16-24(30(34)31(25)35)20-7-4-19(5-8-20)6-9-23-14-15-26(28-18-38-28)32(36)29(23)33/h4-9,14-17,21-22,27-28,37H,2-3,10-13,18H2,1H3/b9-6+. The molecule has 2 aliphatic rings. The third-order valence-corrected chi connectivity index (χ3v) is 7.95. The maximum atomic E-state index is 15.1. The molecule has 38 heavy (non-hydrogen) atoms. The Bertz CT molecular complexity index is 1310. The maximum absolute atomic E-state index is 15.1. The first kappa shape index (κ1) is 26.6. The molecule has 2 unspecified atom stereocenters. The van der Waals surface area contributed by atoms with Gasteiger partial charge in [0.2, 0.25) is 0 Å². The zero-order valence-electron chi connectivity index (χ0n) is 21.4. The van der Waals surface area contributed by atoms with Gasteiger partial charge in [-0.15, -0.1) is 0 Å². The highest BCUT2D eigenvalue weighted by Crippen LogP contribution is 2.40. The molecular weight excluding hydrogens is 492 g/mol. The van der Waals surface area contributed by atoms with Crippen molar-refractivity contribution in [2.75, 3.05) is 6.61 Å². The Hall–Kier alpha value is -2.96. The number of benzene rings is 3. The fraction of sp³-hybridized carbons (Fsp3) is 0.375. The SMILES string of the molecule is CCCC(O)C1CCC(c2ccc(-c3ccc(/C=C/c4ccc(C5CO5)c(F)c4F)cc3)c(F)c2F)CC1. The maximum Gasteiger partial charge on any atom is 0.166 e. The third-order valence-electron chi connectivity index (χ3n) is 7.95. The largest absolute Gasteiger partial charge is 0.393 e. The topological polar surface area (TPSA) is 32.8 Å². The van der Waals surface area contributed by atoms with Crippen LogP contribution >= 0.6 is 0 Å². The number of aliphatic hydroxyl groups excluding tert-OH is 1. The van der Waals surface area contributed by atoms with Crippen LogP contribution in [0.2, 0.25) is 0 Å². The Balaban J connectivity index is 1.27. The van der Waals surface area contributed by atoms with Gasteiger partial charge >= 0.3 is 0 Å². The molecule has 0 amide bonds. The van der Waals surface area contributed by atoms with Crippen molar-refractivity contribution < 1.29 is 27.4 Å². The zero-order chi connectivity index (χ0) is 26.8. The van der Waals surface area contributed by atoms with Gasteiger partial charge < -0.3 is 9.84 Å². The van der Waals surface area contributed by atoms with Crippen molar-refractivity contribution in [1.82, 2.24) is 0 Å². The molecule has 0 bridgehead atoms. The summed E-state index contributed by atoms with van der Waals surface area (Å²) < 4.78 is 64.0. The lowest BCUT2D eigenvalue weighted by atomic mass is 9.75. The second kappa shape index (κ2) is 11.4. The molecule has 2 atom stereocenters. The van der Waals surface area contributed by atoms with Gasteiger partial charge in [-0.1, -0.05) is 74.0 Å². The van der Waals surface area contributed by atoms with Crippen molar-refractivity contribution in [2.24, 2.45) is 5.92 Å². The van der Waals surface area contributed by atoms with Crippen molar-refractivity contribution in [3.05, 3.63) is 94.1 Å². The van der Waals surface area contributed by atoms with Gasteiger partial charge in [-0.05, 0) is 60.6 Å². The minimum atomic E-state index is -0.922. The summed E-state index contributed by atoms with van der Waals surface area (Å²) in [6.45, 7) is 2.45. The Kier molecular flexibility index (Phi) is 8.01. The monoisotopic (exact) mass is 524 g/mol. The molecule has 6 heteroatoms. The molecule has 1 saturated carbocycles. The van der Waals surface area contributed by atoms with Gasteiger partial charge in [0, 0.05) is 16.7 Å². The molecule has 5 rings (SSSR count). The molecule has 1 aliphatic heterocycles. The average molecular weight is 525 g/mol. The van der Waals surface area contributed by atoms with Crippen LogP contribution in [0.25, 0.3) is 23.3 Å². The molecule has 2 nitrogen and oxygen atoms in total. The van der Waals surface area contributed by atoms with Crippen molar-refractivity contribution in [3.63, 3.8) is 0 Å². The van der Waals surface area contributed by atoms with Gasteiger partial charge in [0.15, 0.2) is 23.3 Å². The van der Waals surface area contributed by atoms with E-state index >= 15 is 8.78 Å². The molecule has 1 heterocycles. The summed E-state index contributed by atoms with van der Waals surface area (Å²) >= 11 is 0. The minimum Gasteiger partial charge on any atom is -0.393 e. The summed E-state index contributed by atoms with van der Waals surface area (Å²) in [4.78, 5) is 0. The summed E-state index contributed by atoms with van der Waals surface area (Å²) in [7, 11) is 0. The van der Waals surface area contributed by atoms with Gasteiger partial charge in [-0.3, -0.25) is 0 Å². The van der Waals surface area contributed by atoms with Crippen LogP contribution in [0.3, 0.4) is 0 Å². The molecule has 0 spiro atoms. The lowest BCUT2D eigenvalue weighted by Gasteiger charge is -2.32. The van der Waals surface area contributed by atoms with E-state index in [-0.39, 0.29) is 40.7 Å². The molecule has 1 saturated heterocycles. The van der Waals surface area contributed by atoms with E-state index in [2.05, 4.69) is 0 Å². The molecule has 2 fully saturated rings. The molecule has 200 valence electrons. The predicted octanol–water partition coefficient (Wildman–Crippen LogP) is 8.59. The fourth-order valence-electron chi connectivity index (χ4n) is 5.59. The molecule has 0 aromatic heterocycles. The van der Waals surface area contributed by atoms with Crippen LogP contribution in [0.5, 0.6) is 0 Å².